The van der Waals surface area contributed by atoms with Crippen LogP contribution in [-0.4, -0.2) is 34.2 Å². The standard InChI is InChI=1S/C27H26N4O3S/c1-19-8-13-24(34-2)23(16-19)30-25(32)18-35-27-28-14-15-31(27)22-11-9-21(10-12-22)26(33)29-17-20-6-4-3-5-7-20/h3-16H,17-18H2,1-2H3,(H,29,33)(H,30,32). The molecule has 178 valence electrons. The maximum atomic E-state index is 12.5. The second kappa shape index (κ2) is 11.4. The van der Waals surface area contributed by atoms with E-state index in [0.717, 1.165) is 16.8 Å². The molecule has 3 aromatic carbocycles. The fourth-order valence-corrected chi connectivity index (χ4v) is 4.26. The van der Waals surface area contributed by atoms with Crippen molar-refractivity contribution in [2.24, 2.45) is 0 Å². The van der Waals surface area contributed by atoms with E-state index in [1.165, 1.54) is 11.8 Å². The molecule has 2 amide bonds. The van der Waals surface area contributed by atoms with Gasteiger partial charge in [0.05, 0.1) is 18.6 Å². The molecule has 4 rings (SSSR count). The molecule has 0 aliphatic heterocycles. The Balaban J connectivity index is 1.36. The lowest BCUT2D eigenvalue weighted by atomic mass is 10.1. The third-order valence-electron chi connectivity index (χ3n) is 5.27. The molecule has 7 nitrogen and oxygen atoms in total. The Hall–Kier alpha value is -4.04. The number of imidazole rings is 1. The Morgan fingerprint density at radius 3 is 2.54 bits per heavy atom. The summed E-state index contributed by atoms with van der Waals surface area (Å²) in [7, 11) is 1.57. The third-order valence-corrected chi connectivity index (χ3v) is 6.24. The summed E-state index contributed by atoms with van der Waals surface area (Å²) in [4.78, 5) is 29.4. The number of hydrogen-bond acceptors (Lipinski definition) is 5. The number of amides is 2. The number of methoxy groups -OCH3 is 1. The van der Waals surface area contributed by atoms with Crippen molar-refractivity contribution in [3.05, 3.63) is 102 Å². The molecule has 0 saturated carbocycles. The number of nitrogens with one attached hydrogen (secondary N) is 2. The van der Waals surface area contributed by atoms with Crippen molar-refractivity contribution in [3.8, 4) is 11.4 Å². The second-order valence-corrected chi connectivity index (χ2v) is 8.78. The van der Waals surface area contributed by atoms with Gasteiger partial charge in [0.25, 0.3) is 5.91 Å². The molecule has 4 aromatic rings. The molecule has 8 heteroatoms. The zero-order chi connectivity index (χ0) is 24.6. The SMILES string of the molecule is COc1ccc(C)cc1NC(=O)CSc1nccn1-c1ccc(C(=O)NCc2ccccc2)cc1. The predicted molar refractivity (Wildman–Crippen MR) is 138 cm³/mol. The van der Waals surface area contributed by atoms with Gasteiger partial charge in [0.2, 0.25) is 5.91 Å². The van der Waals surface area contributed by atoms with Gasteiger partial charge in [-0.05, 0) is 54.4 Å². The first-order valence-electron chi connectivity index (χ1n) is 11.1. The van der Waals surface area contributed by atoms with Crippen molar-refractivity contribution in [1.29, 1.82) is 0 Å². The maximum Gasteiger partial charge on any atom is 0.251 e. The minimum absolute atomic E-state index is 0.135. The number of carbonyl (C=O) groups excluding carboxylic acids is 2. The fraction of sp³-hybridized carbons (Fsp3) is 0.148. The van der Waals surface area contributed by atoms with Crippen LogP contribution in [-0.2, 0) is 11.3 Å². The Bertz CT molecular complexity index is 1300. The Kier molecular flexibility index (Phi) is 7.84. The molecule has 0 atom stereocenters. The van der Waals surface area contributed by atoms with Crippen molar-refractivity contribution < 1.29 is 14.3 Å². The van der Waals surface area contributed by atoms with E-state index >= 15 is 0 Å². The van der Waals surface area contributed by atoms with Crippen LogP contribution in [0.4, 0.5) is 5.69 Å². The monoisotopic (exact) mass is 486 g/mol. The van der Waals surface area contributed by atoms with Crippen LogP contribution < -0.4 is 15.4 Å². The molecule has 35 heavy (non-hydrogen) atoms. The maximum absolute atomic E-state index is 12.5. The first kappa shape index (κ1) is 24.1. The Labute approximate surface area is 208 Å². The molecule has 1 heterocycles. The minimum Gasteiger partial charge on any atom is -0.495 e. The van der Waals surface area contributed by atoms with Crippen molar-refractivity contribution in [3.63, 3.8) is 0 Å². The largest absolute Gasteiger partial charge is 0.495 e. The lowest BCUT2D eigenvalue weighted by Gasteiger charge is -2.11. The van der Waals surface area contributed by atoms with E-state index in [2.05, 4.69) is 15.6 Å². The van der Waals surface area contributed by atoms with Gasteiger partial charge in [-0.3, -0.25) is 14.2 Å². The molecular weight excluding hydrogens is 460 g/mol. The van der Waals surface area contributed by atoms with E-state index < -0.39 is 0 Å². The van der Waals surface area contributed by atoms with E-state index in [9.17, 15) is 9.59 Å². The molecular formula is C27H26N4O3S. The molecule has 1 aromatic heterocycles. The van der Waals surface area contributed by atoms with Gasteiger partial charge in [-0.2, -0.15) is 0 Å². The zero-order valence-corrected chi connectivity index (χ0v) is 20.3. The Morgan fingerprint density at radius 2 is 1.80 bits per heavy atom. The molecule has 0 spiro atoms. The number of aryl methyl sites for hydroxylation is 1. The molecule has 0 radical (unpaired) electrons. The van der Waals surface area contributed by atoms with E-state index in [0.29, 0.717) is 28.7 Å². The van der Waals surface area contributed by atoms with Gasteiger partial charge in [-0.25, -0.2) is 4.98 Å². The van der Waals surface area contributed by atoms with Crippen LogP contribution in [0.2, 0.25) is 0 Å². The summed E-state index contributed by atoms with van der Waals surface area (Å²) in [6.07, 6.45) is 3.51. The first-order chi connectivity index (χ1) is 17.0. The molecule has 0 bridgehead atoms. The zero-order valence-electron chi connectivity index (χ0n) is 19.5. The highest BCUT2D eigenvalue weighted by molar-refractivity contribution is 7.99. The number of nitrogens with zero attached hydrogens (tertiary/aromatic N) is 2. The number of ether oxygens (including phenoxy) is 1. The number of thioether (sulfide) groups is 1. The molecule has 0 saturated heterocycles. The summed E-state index contributed by atoms with van der Waals surface area (Å²) in [6.45, 7) is 2.43. The van der Waals surface area contributed by atoms with Gasteiger partial charge in [0.15, 0.2) is 5.16 Å². The summed E-state index contributed by atoms with van der Waals surface area (Å²) >= 11 is 1.33. The summed E-state index contributed by atoms with van der Waals surface area (Å²) in [5, 5.41) is 6.51. The Morgan fingerprint density at radius 1 is 1.03 bits per heavy atom. The highest BCUT2D eigenvalue weighted by Gasteiger charge is 2.12. The van der Waals surface area contributed by atoms with Crippen LogP contribution >= 0.6 is 11.8 Å². The summed E-state index contributed by atoms with van der Waals surface area (Å²) in [6, 6.07) is 22.7. The molecule has 0 fully saturated rings. The summed E-state index contributed by atoms with van der Waals surface area (Å²) < 4.78 is 7.21. The third kappa shape index (κ3) is 6.30. The smallest absolute Gasteiger partial charge is 0.251 e. The summed E-state index contributed by atoms with van der Waals surface area (Å²) in [5.74, 6) is 0.514. The minimum atomic E-state index is -0.154. The molecule has 0 unspecified atom stereocenters. The second-order valence-electron chi connectivity index (χ2n) is 7.84. The van der Waals surface area contributed by atoms with Gasteiger partial charge in [0.1, 0.15) is 5.75 Å². The lowest BCUT2D eigenvalue weighted by molar-refractivity contribution is -0.113. The molecule has 2 N–H and O–H groups in total. The van der Waals surface area contributed by atoms with Crippen LogP contribution in [0, 0.1) is 6.92 Å². The molecule has 0 aliphatic carbocycles. The van der Waals surface area contributed by atoms with Gasteiger partial charge in [0, 0.05) is 30.2 Å². The van der Waals surface area contributed by atoms with Gasteiger partial charge < -0.3 is 15.4 Å². The van der Waals surface area contributed by atoms with E-state index in [4.69, 9.17) is 4.74 Å². The van der Waals surface area contributed by atoms with E-state index in [-0.39, 0.29) is 17.6 Å². The van der Waals surface area contributed by atoms with Crippen LogP contribution in [0.5, 0.6) is 5.75 Å². The normalized spacial score (nSPS) is 10.6. The van der Waals surface area contributed by atoms with E-state index in [1.54, 1.807) is 25.4 Å². The number of hydrogen-bond donors (Lipinski definition) is 2. The van der Waals surface area contributed by atoms with Crippen molar-refractivity contribution in [1.82, 2.24) is 14.9 Å². The lowest BCUT2D eigenvalue weighted by Crippen LogP contribution is -2.22. The number of carbonyl (C=O) groups is 2. The topological polar surface area (TPSA) is 85.2 Å². The first-order valence-corrected chi connectivity index (χ1v) is 12.1. The van der Waals surface area contributed by atoms with Gasteiger partial charge >= 0.3 is 0 Å². The molecule has 0 aliphatic rings. The van der Waals surface area contributed by atoms with Crippen molar-refractivity contribution >= 4 is 29.3 Å². The van der Waals surface area contributed by atoms with Gasteiger partial charge in [-0.1, -0.05) is 48.2 Å². The van der Waals surface area contributed by atoms with Crippen LogP contribution in [0.1, 0.15) is 21.5 Å². The summed E-state index contributed by atoms with van der Waals surface area (Å²) in [5.41, 5.74) is 4.14. The van der Waals surface area contributed by atoms with Crippen molar-refractivity contribution in [2.45, 2.75) is 18.6 Å². The van der Waals surface area contributed by atoms with E-state index in [1.807, 2.05) is 78.4 Å². The average molecular weight is 487 g/mol. The van der Waals surface area contributed by atoms with Crippen LogP contribution in [0.15, 0.2) is 90.3 Å². The van der Waals surface area contributed by atoms with Crippen molar-refractivity contribution in [2.75, 3.05) is 18.2 Å². The number of benzene rings is 3. The average Bonchev–Trinajstić information content (AvgIpc) is 3.36. The highest BCUT2D eigenvalue weighted by atomic mass is 32.2. The van der Waals surface area contributed by atoms with Crippen LogP contribution in [0.25, 0.3) is 5.69 Å². The highest BCUT2D eigenvalue weighted by Crippen LogP contribution is 2.26. The number of rotatable bonds is 9. The predicted octanol–water partition coefficient (Wildman–Crippen LogP) is 4.85. The fourth-order valence-electron chi connectivity index (χ4n) is 3.48. The number of anilines is 1. The van der Waals surface area contributed by atoms with Crippen LogP contribution in [0.3, 0.4) is 0 Å². The van der Waals surface area contributed by atoms with Gasteiger partial charge in [-0.15, -0.1) is 0 Å². The quantitative estimate of drug-likeness (QED) is 0.330. The number of aromatic nitrogens is 2.